The number of ether oxygens (including phenoxy) is 3. The molecule has 0 saturated carbocycles. The molecule has 2 aromatic rings. The molecule has 1 N–H and O–H groups in total. The first-order valence-electron chi connectivity index (χ1n) is 12.2. The number of nitrogens with zero attached hydrogens (tertiary/aromatic N) is 1. The van der Waals surface area contributed by atoms with Gasteiger partial charge in [0, 0.05) is 25.8 Å². The van der Waals surface area contributed by atoms with E-state index < -0.39 is 23.5 Å². The zero-order valence-corrected chi connectivity index (χ0v) is 21.3. The van der Waals surface area contributed by atoms with E-state index in [0.717, 1.165) is 6.42 Å². The Hall–Kier alpha value is -3.39. The van der Waals surface area contributed by atoms with Gasteiger partial charge in [-0.3, -0.25) is 9.59 Å². The van der Waals surface area contributed by atoms with E-state index in [4.69, 9.17) is 14.2 Å². The van der Waals surface area contributed by atoms with Gasteiger partial charge in [-0.15, -0.1) is 0 Å². The van der Waals surface area contributed by atoms with E-state index in [9.17, 15) is 19.1 Å². The molecule has 0 spiro atoms. The van der Waals surface area contributed by atoms with Gasteiger partial charge in [0.1, 0.15) is 11.6 Å². The Morgan fingerprint density at radius 1 is 1.06 bits per heavy atom. The van der Waals surface area contributed by atoms with Crippen molar-refractivity contribution in [2.45, 2.75) is 39.7 Å². The summed E-state index contributed by atoms with van der Waals surface area (Å²) in [6.45, 7) is 7.66. The smallest absolute Gasteiger partial charge is 0.295 e. The number of rotatable bonds is 12. The van der Waals surface area contributed by atoms with E-state index in [1.165, 1.54) is 29.2 Å². The number of amides is 1. The van der Waals surface area contributed by atoms with Gasteiger partial charge in [0.25, 0.3) is 11.7 Å². The predicted molar refractivity (Wildman–Crippen MR) is 134 cm³/mol. The van der Waals surface area contributed by atoms with Crippen LogP contribution in [0.4, 0.5) is 4.39 Å². The Balaban J connectivity index is 2.08. The lowest BCUT2D eigenvalue weighted by atomic mass is 9.95. The maximum Gasteiger partial charge on any atom is 0.295 e. The molecule has 1 aliphatic rings. The molecule has 36 heavy (non-hydrogen) atoms. The fourth-order valence-electron chi connectivity index (χ4n) is 4.09. The van der Waals surface area contributed by atoms with Crippen LogP contribution in [-0.4, -0.2) is 55.2 Å². The molecule has 2 aromatic carbocycles. The molecule has 1 unspecified atom stereocenters. The number of carbonyl (C=O) groups is 2. The van der Waals surface area contributed by atoms with Gasteiger partial charge in [0.05, 0.1) is 24.8 Å². The number of Topliss-reactive ketones (excluding diaryl/α,β-unsaturated/α-hetero) is 1. The minimum Gasteiger partial charge on any atom is -0.507 e. The van der Waals surface area contributed by atoms with Crippen molar-refractivity contribution in [2.24, 2.45) is 5.92 Å². The van der Waals surface area contributed by atoms with Crippen LogP contribution in [0.5, 0.6) is 11.5 Å². The maximum atomic E-state index is 13.5. The summed E-state index contributed by atoms with van der Waals surface area (Å²) in [5.41, 5.74) is 0.782. The normalized spacial score (nSPS) is 17.2. The zero-order valence-electron chi connectivity index (χ0n) is 21.3. The highest BCUT2D eigenvalue weighted by molar-refractivity contribution is 6.46. The molecule has 3 rings (SSSR count). The second-order valence-electron chi connectivity index (χ2n) is 9.02. The first-order valence-corrected chi connectivity index (χ1v) is 12.2. The van der Waals surface area contributed by atoms with E-state index in [-0.39, 0.29) is 23.4 Å². The van der Waals surface area contributed by atoms with Crippen LogP contribution >= 0.6 is 0 Å². The van der Waals surface area contributed by atoms with Crippen LogP contribution in [0.15, 0.2) is 48.0 Å². The van der Waals surface area contributed by atoms with Crippen LogP contribution in [-0.2, 0) is 14.3 Å². The lowest BCUT2D eigenvalue weighted by molar-refractivity contribution is -0.140. The molecule has 1 atom stereocenters. The second kappa shape index (κ2) is 12.5. The predicted octanol–water partition coefficient (Wildman–Crippen LogP) is 5.11. The Labute approximate surface area is 211 Å². The highest BCUT2D eigenvalue weighted by atomic mass is 19.1. The molecule has 7 nitrogen and oxygen atoms in total. The third kappa shape index (κ3) is 6.23. The third-order valence-electron chi connectivity index (χ3n) is 5.94. The second-order valence-corrected chi connectivity index (χ2v) is 9.02. The summed E-state index contributed by atoms with van der Waals surface area (Å²) in [7, 11) is 1.56. The van der Waals surface area contributed by atoms with Gasteiger partial charge in [0.15, 0.2) is 11.5 Å². The minimum atomic E-state index is -0.851. The van der Waals surface area contributed by atoms with Crippen LogP contribution in [0.2, 0.25) is 0 Å². The van der Waals surface area contributed by atoms with Crippen molar-refractivity contribution in [1.29, 1.82) is 0 Å². The number of carbonyl (C=O) groups excluding carboxylic acids is 2. The van der Waals surface area contributed by atoms with Crippen LogP contribution in [0.25, 0.3) is 5.76 Å². The molecule has 1 amide bonds. The topological polar surface area (TPSA) is 85.3 Å². The quantitative estimate of drug-likeness (QED) is 0.189. The van der Waals surface area contributed by atoms with Crippen LogP contribution in [0.3, 0.4) is 0 Å². The summed E-state index contributed by atoms with van der Waals surface area (Å²) >= 11 is 0. The average Bonchev–Trinajstić information content (AvgIpc) is 3.10. The Morgan fingerprint density at radius 3 is 2.42 bits per heavy atom. The van der Waals surface area contributed by atoms with Crippen molar-refractivity contribution in [3.05, 3.63) is 65.0 Å². The van der Waals surface area contributed by atoms with Gasteiger partial charge in [0.2, 0.25) is 0 Å². The molecule has 0 radical (unpaired) electrons. The molecule has 1 heterocycles. The average molecular weight is 500 g/mol. The highest BCUT2D eigenvalue weighted by Gasteiger charge is 2.46. The molecule has 194 valence electrons. The van der Waals surface area contributed by atoms with E-state index >= 15 is 0 Å². The molecule has 1 saturated heterocycles. The molecular formula is C28H34FNO6. The SMILES string of the molecule is CCOc1cc(C2/C(=C(\O)c3ccc(F)cc3)C(=O)C(=O)N2CCCOC)ccc1OCCC(C)C. The number of benzene rings is 2. The standard InChI is InChI=1S/C28H34FNO6/c1-5-35-23-17-20(9-12-22(23)36-16-13-18(2)3)25-24(26(31)19-7-10-21(29)11-8-19)27(32)28(33)30(25)14-6-15-34-4/h7-12,17-18,25,31H,5-6,13-16H2,1-4H3/b26-24+. The molecule has 8 heteroatoms. The molecular weight excluding hydrogens is 465 g/mol. The number of likely N-dealkylation sites (tertiary alicyclic amines) is 1. The van der Waals surface area contributed by atoms with Gasteiger partial charge < -0.3 is 24.2 Å². The fraction of sp³-hybridized carbons (Fsp3) is 0.429. The van der Waals surface area contributed by atoms with Gasteiger partial charge in [-0.1, -0.05) is 19.9 Å². The Kier molecular flexibility index (Phi) is 9.47. The number of hydrogen-bond donors (Lipinski definition) is 1. The summed E-state index contributed by atoms with van der Waals surface area (Å²) in [4.78, 5) is 27.6. The number of aliphatic hydroxyl groups excluding tert-OH is 1. The largest absolute Gasteiger partial charge is 0.507 e. The van der Waals surface area contributed by atoms with Crippen molar-refractivity contribution in [3.63, 3.8) is 0 Å². The molecule has 0 aromatic heterocycles. The molecule has 0 bridgehead atoms. The zero-order chi connectivity index (χ0) is 26.2. The monoisotopic (exact) mass is 499 g/mol. The van der Waals surface area contributed by atoms with Crippen molar-refractivity contribution < 1.29 is 33.3 Å². The molecule has 0 aliphatic carbocycles. The molecule has 1 aliphatic heterocycles. The van der Waals surface area contributed by atoms with Crippen LogP contribution in [0.1, 0.15) is 50.8 Å². The van der Waals surface area contributed by atoms with Gasteiger partial charge in [-0.05, 0) is 67.6 Å². The summed E-state index contributed by atoms with van der Waals surface area (Å²) in [5.74, 6) is -0.804. The third-order valence-corrected chi connectivity index (χ3v) is 5.94. The Morgan fingerprint density at radius 2 is 1.78 bits per heavy atom. The first-order chi connectivity index (χ1) is 17.3. The van der Waals surface area contributed by atoms with Gasteiger partial charge in [-0.25, -0.2) is 4.39 Å². The number of ketones is 1. The van der Waals surface area contributed by atoms with Crippen molar-refractivity contribution in [1.82, 2.24) is 4.90 Å². The van der Waals surface area contributed by atoms with Crippen LogP contribution < -0.4 is 9.47 Å². The number of methoxy groups -OCH3 is 1. The van der Waals surface area contributed by atoms with Crippen LogP contribution in [0, 0.1) is 11.7 Å². The summed E-state index contributed by atoms with van der Waals surface area (Å²) in [5, 5.41) is 11.1. The van der Waals surface area contributed by atoms with E-state index in [1.54, 1.807) is 25.3 Å². The van der Waals surface area contributed by atoms with Crippen molar-refractivity contribution >= 4 is 17.4 Å². The van der Waals surface area contributed by atoms with E-state index in [2.05, 4.69) is 13.8 Å². The van der Waals surface area contributed by atoms with E-state index in [0.29, 0.717) is 49.2 Å². The fourth-order valence-corrected chi connectivity index (χ4v) is 4.09. The van der Waals surface area contributed by atoms with Gasteiger partial charge in [-0.2, -0.15) is 0 Å². The summed E-state index contributed by atoms with van der Waals surface area (Å²) < 4.78 is 30.3. The number of hydrogen-bond acceptors (Lipinski definition) is 6. The number of aliphatic hydroxyl groups is 1. The summed E-state index contributed by atoms with van der Waals surface area (Å²) in [6.07, 6.45) is 1.38. The Bertz CT molecular complexity index is 1100. The minimum absolute atomic E-state index is 0.0556. The van der Waals surface area contributed by atoms with Gasteiger partial charge >= 0.3 is 0 Å². The lowest BCUT2D eigenvalue weighted by Crippen LogP contribution is -2.31. The van der Waals surface area contributed by atoms with Crippen molar-refractivity contribution in [3.8, 4) is 11.5 Å². The lowest BCUT2D eigenvalue weighted by Gasteiger charge is -2.26. The maximum absolute atomic E-state index is 13.5. The highest BCUT2D eigenvalue weighted by Crippen LogP contribution is 2.42. The number of halogens is 1. The molecule has 1 fully saturated rings. The summed E-state index contributed by atoms with van der Waals surface area (Å²) in [6, 6.07) is 9.54. The first kappa shape index (κ1) is 27.2. The van der Waals surface area contributed by atoms with E-state index in [1.807, 2.05) is 6.92 Å². The van der Waals surface area contributed by atoms with Crippen molar-refractivity contribution in [2.75, 3.05) is 33.5 Å².